The van der Waals surface area contributed by atoms with Crippen LogP contribution in [0.2, 0.25) is 0 Å². The van der Waals surface area contributed by atoms with Crippen molar-refractivity contribution in [3.63, 3.8) is 0 Å². The highest BCUT2D eigenvalue weighted by Gasteiger charge is 2.09. The molecule has 2 heterocycles. The van der Waals surface area contributed by atoms with Gasteiger partial charge < -0.3 is 9.88 Å². The van der Waals surface area contributed by atoms with Crippen molar-refractivity contribution in [3.8, 4) is 0 Å². The van der Waals surface area contributed by atoms with Crippen LogP contribution in [0.1, 0.15) is 25.5 Å². The minimum Gasteiger partial charge on any atom is -0.383 e. The van der Waals surface area contributed by atoms with Gasteiger partial charge in [-0.15, -0.1) is 0 Å². The molecule has 1 atom stereocenters. The molecule has 0 aromatic carbocycles. The van der Waals surface area contributed by atoms with Crippen molar-refractivity contribution < 1.29 is 0 Å². The van der Waals surface area contributed by atoms with E-state index in [0.717, 1.165) is 11.3 Å². The number of pyridine rings is 2. The van der Waals surface area contributed by atoms with Crippen LogP contribution in [0.25, 0.3) is 0 Å². The summed E-state index contributed by atoms with van der Waals surface area (Å²) in [4.78, 5) is 16.1. The fourth-order valence-electron chi connectivity index (χ4n) is 1.90. The van der Waals surface area contributed by atoms with Gasteiger partial charge in [0.25, 0.3) is 5.56 Å². The zero-order chi connectivity index (χ0) is 13.8. The Kier molecular flexibility index (Phi) is 4.00. The molecule has 1 unspecified atom stereocenters. The van der Waals surface area contributed by atoms with Crippen molar-refractivity contribution in [1.29, 1.82) is 0 Å². The first-order chi connectivity index (χ1) is 9.08. The van der Waals surface area contributed by atoms with E-state index < -0.39 is 0 Å². The van der Waals surface area contributed by atoms with Crippen LogP contribution in [0.3, 0.4) is 0 Å². The van der Waals surface area contributed by atoms with E-state index in [1.54, 1.807) is 29.2 Å². The van der Waals surface area contributed by atoms with E-state index in [2.05, 4.69) is 17.2 Å². The van der Waals surface area contributed by atoms with Crippen molar-refractivity contribution in [3.05, 3.63) is 65.7 Å². The molecule has 99 valence electrons. The summed E-state index contributed by atoms with van der Waals surface area (Å²) in [5, 5.41) is 3.21. The van der Waals surface area contributed by atoms with E-state index in [9.17, 15) is 4.79 Å². The first-order valence-electron chi connectivity index (χ1n) is 6.29. The molecule has 4 heteroatoms. The first-order valence-corrected chi connectivity index (χ1v) is 6.29. The molecule has 1 radical (unpaired) electrons. The molecular weight excluding hydrogens is 238 g/mol. The van der Waals surface area contributed by atoms with E-state index in [1.807, 2.05) is 32.0 Å². The van der Waals surface area contributed by atoms with Crippen LogP contribution in [0, 0.1) is 6.92 Å². The third-order valence-electron chi connectivity index (χ3n) is 2.81. The summed E-state index contributed by atoms with van der Waals surface area (Å²) in [6, 6.07) is 7.26. The van der Waals surface area contributed by atoms with Crippen LogP contribution in [-0.4, -0.2) is 15.6 Å². The van der Waals surface area contributed by atoms with Gasteiger partial charge >= 0.3 is 0 Å². The van der Waals surface area contributed by atoms with Gasteiger partial charge in [0.05, 0.1) is 6.04 Å². The molecule has 4 nitrogen and oxygen atoms in total. The Labute approximate surface area is 113 Å². The topological polar surface area (TPSA) is 46.9 Å². The molecule has 2 rings (SSSR count). The van der Waals surface area contributed by atoms with Crippen LogP contribution in [0.4, 0.5) is 5.69 Å². The number of rotatable bonds is 4. The molecule has 0 aliphatic rings. The number of hydrogen-bond acceptors (Lipinski definition) is 3. The summed E-state index contributed by atoms with van der Waals surface area (Å²) in [6.07, 6.45) is 5.19. The van der Waals surface area contributed by atoms with Gasteiger partial charge in [-0.25, -0.2) is 0 Å². The largest absolute Gasteiger partial charge is 0.383 e. The number of hydrogen-bond donors (Lipinski definition) is 1. The normalized spacial score (nSPS) is 12.4. The van der Waals surface area contributed by atoms with Crippen LogP contribution in [0.15, 0.2) is 47.7 Å². The van der Waals surface area contributed by atoms with Crippen LogP contribution in [0.5, 0.6) is 0 Å². The molecule has 0 fully saturated rings. The van der Waals surface area contributed by atoms with Crippen molar-refractivity contribution >= 4 is 5.69 Å². The van der Waals surface area contributed by atoms with Gasteiger partial charge in [-0.1, -0.05) is 6.07 Å². The maximum absolute atomic E-state index is 12.1. The number of aromatic nitrogens is 2. The number of nitrogens with zero attached hydrogens (tertiary/aromatic N) is 2. The minimum atomic E-state index is -0.269. The maximum atomic E-state index is 12.1. The van der Waals surface area contributed by atoms with Crippen molar-refractivity contribution in [2.24, 2.45) is 0 Å². The van der Waals surface area contributed by atoms with E-state index in [4.69, 9.17) is 0 Å². The zero-order valence-electron chi connectivity index (χ0n) is 11.2. The first kappa shape index (κ1) is 13.3. The van der Waals surface area contributed by atoms with Gasteiger partial charge in [0.2, 0.25) is 0 Å². The van der Waals surface area contributed by atoms with Crippen LogP contribution in [-0.2, 0) is 0 Å². The Bertz CT molecular complexity index is 590. The summed E-state index contributed by atoms with van der Waals surface area (Å²) in [6.45, 7) is 8.10. The lowest BCUT2D eigenvalue weighted by molar-refractivity contribution is 0.664. The van der Waals surface area contributed by atoms with E-state index in [0.29, 0.717) is 6.04 Å². The zero-order valence-corrected chi connectivity index (χ0v) is 11.2. The lowest BCUT2D eigenvalue weighted by Crippen LogP contribution is -2.24. The molecule has 0 aliphatic heterocycles. The lowest BCUT2D eigenvalue weighted by Gasteiger charge is -2.16. The molecule has 0 saturated heterocycles. The highest BCUT2D eigenvalue weighted by Crippen LogP contribution is 2.15. The van der Waals surface area contributed by atoms with Gasteiger partial charge in [-0.2, -0.15) is 0 Å². The number of nitrogens with one attached hydrogen (secondary N) is 1. The van der Waals surface area contributed by atoms with Gasteiger partial charge in [0.1, 0.15) is 0 Å². The second-order valence-electron chi connectivity index (χ2n) is 4.76. The van der Waals surface area contributed by atoms with E-state index in [-0.39, 0.29) is 11.6 Å². The Morgan fingerprint density at radius 2 is 2.16 bits per heavy atom. The third-order valence-corrected chi connectivity index (χ3v) is 2.81. The Hall–Kier alpha value is -2.10. The summed E-state index contributed by atoms with van der Waals surface area (Å²) in [7, 11) is 0. The van der Waals surface area contributed by atoms with E-state index >= 15 is 0 Å². The van der Waals surface area contributed by atoms with E-state index in [1.165, 1.54) is 0 Å². The second kappa shape index (κ2) is 5.69. The van der Waals surface area contributed by atoms with Gasteiger partial charge in [-0.3, -0.25) is 9.78 Å². The standard InChI is InChI=1S/C15H18N3O/c1-11(2)17-14-6-8-18(15(19)9-14)12(3)13-5-4-7-16-10-13/h4-12,17H,3H2,1-2H3. The monoisotopic (exact) mass is 256 g/mol. The quantitative estimate of drug-likeness (QED) is 0.914. The molecule has 19 heavy (non-hydrogen) atoms. The fourth-order valence-corrected chi connectivity index (χ4v) is 1.90. The third kappa shape index (κ3) is 3.22. The van der Waals surface area contributed by atoms with Crippen LogP contribution < -0.4 is 10.9 Å². The molecule has 0 aliphatic carbocycles. The fraction of sp³-hybridized carbons (Fsp3) is 0.267. The summed E-state index contributed by atoms with van der Waals surface area (Å²) >= 11 is 0. The maximum Gasteiger partial charge on any atom is 0.253 e. The molecule has 2 aromatic heterocycles. The molecule has 0 bridgehead atoms. The number of anilines is 1. The Morgan fingerprint density at radius 3 is 2.74 bits per heavy atom. The highest BCUT2D eigenvalue weighted by atomic mass is 16.1. The van der Waals surface area contributed by atoms with Crippen molar-refractivity contribution in [1.82, 2.24) is 9.55 Å². The summed E-state index contributed by atoms with van der Waals surface area (Å²) < 4.78 is 1.60. The molecular formula is C15H18N3O. The SMILES string of the molecule is [CH2]C(c1cccnc1)n1ccc(NC(C)C)cc1=O. The predicted octanol–water partition coefficient (Wildman–Crippen LogP) is 2.49. The van der Waals surface area contributed by atoms with Crippen molar-refractivity contribution in [2.75, 3.05) is 5.32 Å². The second-order valence-corrected chi connectivity index (χ2v) is 4.76. The van der Waals surface area contributed by atoms with Crippen molar-refractivity contribution in [2.45, 2.75) is 25.9 Å². The Morgan fingerprint density at radius 1 is 1.37 bits per heavy atom. The van der Waals surface area contributed by atoms with Crippen LogP contribution >= 0.6 is 0 Å². The molecule has 1 N–H and O–H groups in total. The molecule has 0 saturated carbocycles. The highest BCUT2D eigenvalue weighted by molar-refractivity contribution is 5.42. The summed E-state index contributed by atoms with van der Waals surface area (Å²) in [5.74, 6) is 0. The minimum absolute atomic E-state index is 0.0745. The van der Waals surface area contributed by atoms with Gasteiger partial charge in [-0.05, 0) is 38.5 Å². The molecule has 0 amide bonds. The Balaban J connectivity index is 2.29. The van der Waals surface area contributed by atoms with Gasteiger partial charge in [0, 0.05) is 36.4 Å². The smallest absolute Gasteiger partial charge is 0.253 e. The molecule has 0 spiro atoms. The average molecular weight is 256 g/mol. The van der Waals surface area contributed by atoms with Gasteiger partial charge in [0.15, 0.2) is 0 Å². The average Bonchev–Trinajstić information content (AvgIpc) is 2.38. The lowest BCUT2D eigenvalue weighted by atomic mass is 10.1. The predicted molar refractivity (Wildman–Crippen MR) is 77.2 cm³/mol. The molecule has 2 aromatic rings. The summed E-state index contributed by atoms with van der Waals surface area (Å²) in [5.41, 5.74) is 1.67.